The molecule has 0 aromatic heterocycles. The number of nitrogens with zero attached hydrogens (tertiary/aromatic N) is 2. The maximum Gasteiger partial charge on any atom is 0.252 e. The molecule has 7 nitrogen and oxygen atoms in total. The van der Waals surface area contributed by atoms with Crippen LogP contribution in [0.15, 0.2) is 48.5 Å². The number of nitrogens with one attached hydrogen (secondary N) is 1. The number of halogens is 1. The van der Waals surface area contributed by atoms with Crippen LogP contribution in [0.1, 0.15) is 10.4 Å². The zero-order valence-electron chi connectivity index (χ0n) is 16.2. The van der Waals surface area contributed by atoms with E-state index in [4.69, 9.17) is 4.74 Å². The Bertz CT molecular complexity index is 851. The molecular formula is C21H24FN3O4. The van der Waals surface area contributed by atoms with E-state index in [0.29, 0.717) is 37.5 Å². The Kier molecular flexibility index (Phi) is 6.66. The Morgan fingerprint density at radius 2 is 1.83 bits per heavy atom. The third kappa shape index (κ3) is 5.03. The number of methoxy groups -OCH3 is 1. The maximum absolute atomic E-state index is 13.1. The summed E-state index contributed by atoms with van der Waals surface area (Å²) >= 11 is 0. The SMILES string of the molecule is COc1cccc(C(=O)NC(CO)C(=O)N2CCN(c3ccc(F)cc3)CC2)c1. The Balaban J connectivity index is 1.58. The van der Waals surface area contributed by atoms with E-state index in [1.54, 1.807) is 41.3 Å². The molecule has 2 aromatic rings. The molecule has 0 saturated carbocycles. The highest BCUT2D eigenvalue weighted by atomic mass is 19.1. The normalized spacial score (nSPS) is 15.0. The van der Waals surface area contributed by atoms with Gasteiger partial charge in [0.15, 0.2) is 0 Å². The van der Waals surface area contributed by atoms with Gasteiger partial charge in [-0.2, -0.15) is 0 Å². The van der Waals surface area contributed by atoms with Crippen LogP contribution in [-0.4, -0.2) is 67.8 Å². The summed E-state index contributed by atoms with van der Waals surface area (Å²) in [5.74, 6) is -0.551. The number of hydrogen-bond donors (Lipinski definition) is 2. The molecule has 29 heavy (non-hydrogen) atoms. The minimum absolute atomic E-state index is 0.292. The molecule has 0 spiro atoms. The number of aliphatic hydroxyl groups excluding tert-OH is 1. The third-order valence-electron chi connectivity index (χ3n) is 4.90. The van der Waals surface area contributed by atoms with Crippen LogP contribution in [-0.2, 0) is 4.79 Å². The first-order valence-electron chi connectivity index (χ1n) is 9.37. The van der Waals surface area contributed by atoms with Crippen LogP contribution < -0.4 is 15.0 Å². The lowest BCUT2D eigenvalue weighted by Gasteiger charge is -2.37. The molecule has 0 radical (unpaired) electrons. The van der Waals surface area contributed by atoms with E-state index < -0.39 is 18.6 Å². The average Bonchev–Trinajstić information content (AvgIpc) is 2.77. The lowest BCUT2D eigenvalue weighted by Crippen LogP contribution is -2.56. The molecule has 1 aliphatic rings. The highest BCUT2D eigenvalue weighted by Gasteiger charge is 2.28. The standard InChI is InChI=1S/C21H24FN3O4/c1-29-18-4-2-3-15(13-18)20(27)23-19(14-26)21(28)25-11-9-24(10-12-25)17-7-5-16(22)6-8-17/h2-8,13,19,26H,9-12,14H2,1H3,(H,23,27). The molecular weight excluding hydrogens is 377 g/mol. The minimum atomic E-state index is -1.02. The van der Waals surface area contributed by atoms with Gasteiger partial charge in [0.05, 0.1) is 13.7 Å². The van der Waals surface area contributed by atoms with Gasteiger partial charge >= 0.3 is 0 Å². The van der Waals surface area contributed by atoms with Gasteiger partial charge in [-0.25, -0.2) is 4.39 Å². The van der Waals surface area contributed by atoms with Crippen molar-refractivity contribution in [3.05, 3.63) is 59.9 Å². The van der Waals surface area contributed by atoms with Crippen molar-refractivity contribution in [1.82, 2.24) is 10.2 Å². The monoisotopic (exact) mass is 401 g/mol. The predicted molar refractivity (Wildman–Crippen MR) is 107 cm³/mol. The van der Waals surface area contributed by atoms with Gasteiger partial charge in [-0.15, -0.1) is 0 Å². The fraction of sp³-hybridized carbons (Fsp3) is 0.333. The molecule has 0 aliphatic carbocycles. The summed E-state index contributed by atoms with van der Waals surface area (Å²) in [5, 5.41) is 12.2. The van der Waals surface area contributed by atoms with Crippen LogP contribution in [0.4, 0.5) is 10.1 Å². The lowest BCUT2D eigenvalue weighted by molar-refractivity contribution is -0.134. The Morgan fingerprint density at radius 3 is 2.45 bits per heavy atom. The van der Waals surface area contributed by atoms with Crippen LogP contribution >= 0.6 is 0 Å². The van der Waals surface area contributed by atoms with Crippen molar-refractivity contribution < 1.29 is 23.8 Å². The number of hydrogen-bond acceptors (Lipinski definition) is 5. The largest absolute Gasteiger partial charge is 0.497 e. The van der Waals surface area contributed by atoms with Crippen molar-refractivity contribution in [3.8, 4) is 5.75 Å². The number of carbonyl (C=O) groups excluding carboxylic acids is 2. The summed E-state index contributed by atoms with van der Waals surface area (Å²) < 4.78 is 18.2. The molecule has 8 heteroatoms. The summed E-state index contributed by atoms with van der Waals surface area (Å²) in [6.45, 7) is 1.56. The van der Waals surface area contributed by atoms with Crippen molar-refractivity contribution in [2.75, 3.05) is 44.8 Å². The Hall–Kier alpha value is -3.13. The van der Waals surface area contributed by atoms with Gasteiger partial charge in [0.1, 0.15) is 17.6 Å². The molecule has 2 aromatic carbocycles. The van der Waals surface area contributed by atoms with E-state index in [1.807, 2.05) is 0 Å². The zero-order chi connectivity index (χ0) is 20.8. The zero-order valence-corrected chi connectivity index (χ0v) is 16.2. The first-order valence-corrected chi connectivity index (χ1v) is 9.37. The molecule has 1 atom stereocenters. The van der Waals surface area contributed by atoms with Crippen LogP contribution in [0.5, 0.6) is 5.75 Å². The van der Waals surface area contributed by atoms with Gasteiger partial charge in [0.2, 0.25) is 5.91 Å². The number of anilines is 1. The van der Waals surface area contributed by atoms with Crippen LogP contribution in [0.25, 0.3) is 0 Å². The Labute approximate surface area is 168 Å². The number of aliphatic hydroxyl groups is 1. The van der Waals surface area contributed by atoms with Crippen molar-refractivity contribution >= 4 is 17.5 Å². The average molecular weight is 401 g/mol. The summed E-state index contributed by atoms with van der Waals surface area (Å²) in [4.78, 5) is 28.9. The van der Waals surface area contributed by atoms with Gasteiger partial charge in [0.25, 0.3) is 5.91 Å². The molecule has 154 valence electrons. The van der Waals surface area contributed by atoms with E-state index in [2.05, 4.69) is 10.2 Å². The molecule has 0 bridgehead atoms. The highest BCUT2D eigenvalue weighted by molar-refractivity contribution is 5.97. The topological polar surface area (TPSA) is 82.1 Å². The van der Waals surface area contributed by atoms with Gasteiger partial charge in [-0.3, -0.25) is 9.59 Å². The molecule has 2 N–H and O–H groups in total. The number of ether oxygens (including phenoxy) is 1. The third-order valence-corrected chi connectivity index (χ3v) is 4.90. The second-order valence-corrected chi connectivity index (χ2v) is 6.73. The molecule has 1 aliphatic heterocycles. The number of rotatable bonds is 6. The second kappa shape index (κ2) is 9.38. The summed E-state index contributed by atoms with van der Waals surface area (Å²) in [7, 11) is 1.50. The van der Waals surface area contributed by atoms with E-state index in [0.717, 1.165) is 5.69 Å². The number of benzene rings is 2. The number of amides is 2. The van der Waals surface area contributed by atoms with Gasteiger partial charge in [0, 0.05) is 37.4 Å². The molecule has 3 rings (SSSR count). The smallest absolute Gasteiger partial charge is 0.252 e. The maximum atomic E-state index is 13.1. The summed E-state index contributed by atoms with van der Waals surface area (Å²) in [6.07, 6.45) is 0. The number of piperazine rings is 1. The summed E-state index contributed by atoms with van der Waals surface area (Å²) in [6, 6.07) is 11.8. The van der Waals surface area contributed by atoms with E-state index >= 15 is 0 Å². The predicted octanol–water partition coefficient (Wildman–Crippen LogP) is 1.27. The quantitative estimate of drug-likeness (QED) is 0.762. The van der Waals surface area contributed by atoms with Crippen molar-refractivity contribution in [3.63, 3.8) is 0 Å². The number of carbonyl (C=O) groups is 2. The molecule has 1 heterocycles. The molecule has 1 unspecified atom stereocenters. The minimum Gasteiger partial charge on any atom is -0.497 e. The van der Waals surface area contributed by atoms with Crippen LogP contribution in [0, 0.1) is 5.82 Å². The van der Waals surface area contributed by atoms with Crippen molar-refractivity contribution in [2.45, 2.75) is 6.04 Å². The second-order valence-electron chi connectivity index (χ2n) is 6.73. The fourth-order valence-corrected chi connectivity index (χ4v) is 3.25. The molecule has 2 amide bonds. The lowest BCUT2D eigenvalue weighted by atomic mass is 10.1. The van der Waals surface area contributed by atoms with Crippen LogP contribution in [0.2, 0.25) is 0 Å². The first kappa shape index (κ1) is 20.6. The van der Waals surface area contributed by atoms with Gasteiger partial charge < -0.3 is 25.0 Å². The van der Waals surface area contributed by atoms with E-state index in [1.165, 1.54) is 19.2 Å². The van der Waals surface area contributed by atoms with Gasteiger partial charge in [-0.05, 0) is 42.5 Å². The Morgan fingerprint density at radius 1 is 1.14 bits per heavy atom. The fourth-order valence-electron chi connectivity index (χ4n) is 3.25. The summed E-state index contributed by atoms with van der Waals surface area (Å²) in [5.41, 5.74) is 1.24. The van der Waals surface area contributed by atoms with Crippen molar-refractivity contribution in [2.24, 2.45) is 0 Å². The molecule has 1 saturated heterocycles. The molecule has 1 fully saturated rings. The van der Waals surface area contributed by atoms with Crippen LogP contribution in [0.3, 0.4) is 0 Å². The van der Waals surface area contributed by atoms with Crippen molar-refractivity contribution in [1.29, 1.82) is 0 Å². The highest BCUT2D eigenvalue weighted by Crippen LogP contribution is 2.17. The van der Waals surface area contributed by atoms with E-state index in [-0.39, 0.29) is 11.7 Å². The first-order chi connectivity index (χ1) is 14.0. The van der Waals surface area contributed by atoms with E-state index in [9.17, 15) is 19.1 Å². The van der Waals surface area contributed by atoms with Gasteiger partial charge in [-0.1, -0.05) is 6.07 Å².